The fraction of sp³-hybridized carbons (Fsp3) is 0.923. The van der Waals surface area contributed by atoms with Crippen molar-refractivity contribution in [2.75, 3.05) is 19.7 Å². The van der Waals surface area contributed by atoms with Gasteiger partial charge in [0.25, 0.3) is 0 Å². The third kappa shape index (κ3) is 6.11. The summed E-state index contributed by atoms with van der Waals surface area (Å²) in [5.74, 6) is 0.812. The number of rotatable bonds is 7. The van der Waals surface area contributed by atoms with Crippen LogP contribution in [0.25, 0.3) is 0 Å². The molecule has 1 rings (SSSR count). The van der Waals surface area contributed by atoms with Gasteiger partial charge in [-0.15, -0.1) is 0 Å². The van der Waals surface area contributed by atoms with Crippen LogP contribution in [0.3, 0.4) is 0 Å². The summed E-state index contributed by atoms with van der Waals surface area (Å²) in [5.41, 5.74) is 0. The van der Waals surface area contributed by atoms with Crippen LogP contribution in [0.4, 0.5) is 0 Å². The molecule has 1 N–H and O–H groups in total. The monoisotopic (exact) mass is 227 g/mol. The number of hydrogen-bond donors (Lipinski definition) is 1. The lowest BCUT2D eigenvalue weighted by molar-refractivity contribution is -0.143. The van der Waals surface area contributed by atoms with Gasteiger partial charge in [0.05, 0.1) is 6.61 Å². The first-order chi connectivity index (χ1) is 7.83. The fourth-order valence-electron chi connectivity index (χ4n) is 2.11. The average Bonchev–Trinajstić information content (AvgIpc) is 2.31. The summed E-state index contributed by atoms with van der Waals surface area (Å²) in [5, 5.41) is 3.36. The molecule has 1 saturated heterocycles. The molecule has 1 heterocycles. The van der Waals surface area contributed by atoms with E-state index in [1.165, 1.54) is 19.3 Å². The summed E-state index contributed by atoms with van der Waals surface area (Å²) < 4.78 is 5.12. The van der Waals surface area contributed by atoms with Gasteiger partial charge in [-0.1, -0.05) is 13.3 Å². The Kier molecular flexibility index (Phi) is 7.23. The Morgan fingerprint density at radius 3 is 2.75 bits per heavy atom. The van der Waals surface area contributed by atoms with Gasteiger partial charge in [-0.25, -0.2) is 0 Å². The zero-order chi connectivity index (χ0) is 11.6. The van der Waals surface area contributed by atoms with E-state index < -0.39 is 0 Å². The van der Waals surface area contributed by atoms with Crippen LogP contribution in [0.5, 0.6) is 0 Å². The van der Waals surface area contributed by atoms with E-state index in [2.05, 4.69) is 12.2 Å². The first kappa shape index (κ1) is 13.5. The van der Waals surface area contributed by atoms with Crippen molar-refractivity contribution in [2.24, 2.45) is 5.92 Å². The van der Waals surface area contributed by atoms with Crippen molar-refractivity contribution in [2.45, 2.75) is 51.9 Å². The molecular formula is C13H25NO2. The molecule has 3 nitrogen and oxygen atoms in total. The molecule has 0 unspecified atom stereocenters. The van der Waals surface area contributed by atoms with Crippen LogP contribution < -0.4 is 5.32 Å². The van der Waals surface area contributed by atoms with Gasteiger partial charge >= 0.3 is 5.97 Å². The number of unbranched alkanes of at least 4 members (excludes halogenated alkanes) is 1. The highest BCUT2D eigenvalue weighted by Gasteiger charge is 2.13. The number of esters is 1. The topological polar surface area (TPSA) is 38.3 Å². The molecule has 94 valence electrons. The van der Waals surface area contributed by atoms with Crippen molar-refractivity contribution >= 4 is 5.97 Å². The quantitative estimate of drug-likeness (QED) is 0.536. The first-order valence-electron chi connectivity index (χ1n) is 6.69. The molecule has 0 aliphatic carbocycles. The molecule has 0 saturated carbocycles. The van der Waals surface area contributed by atoms with Crippen molar-refractivity contribution in [3.05, 3.63) is 0 Å². The molecule has 0 spiro atoms. The molecule has 0 bridgehead atoms. The summed E-state index contributed by atoms with van der Waals surface area (Å²) in [6, 6.07) is 0. The van der Waals surface area contributed by atoms with E-state index >= 15 is 0 Å². The maximum Gasteiger partial charge on any atom is 0.305 e. The van der Waals surface area contributed by atoms with Gasteiger partial charge in [0.15, 0.2) is 0 Å². The zero-order valence-electron chi connectivity index (χ0n) is 10.5. The van der Waals surface area contributed by atoms with Gasteiger partial charge in [0, 0.05) is 6.42 Å². The van der Waals surface area contributed by atoms with Gasteiger partial charge < -0.3 is 10.1 Å². The second kappa shape index (κ2) is 8.57. The SMILES string of the molecule is CCCCOC(=O)CCCC1CCNCC1. The Hall–Kier alpha value is -0.570. The van der Waals surface area contributed by atoms with Gasteiger partial charge in [-0.05, 0) is 51.1 Å². The van der Waals surface area contributed by atoms with Crippen molar-refractivity contribution < 1.29 is 9.53 Å². The third-order valence-electron chi connectivity index (χ3n) is 3.21. The van der Waals surface area contributed by atoms with E-state index in [0.717, 1.165) is 38.3 Å². The summed E-state index contributed by atoms with van der Waals surface area (Å²) in [4.78, 5) is 11.3. The van der Waals surface area contributed by atoms with Crippen molar-refractivity contribution in [3.8, 4) is 0 Å². The second-order valence-electron chi connectivity index (χ2n) is 4.66. The number of carbonyl (C=O) groups is 1. The minimum atomic E-state index is -0.0117. The van der Waals surface area contributed by atoms with Crippen LogP contribution in [-0.4, -0.2) is 25.7 Å². The number of carbonyl (C=O) groups excluding carboxylic acids is 1. The lowest BCUT2D eigenvalue weighted by Crippen LogP contribution is -2.27. The van der Waals surface area contributed by atoms with Crippen LogP contribution in [0.15, 0.2) is 0 Å². The lowest BCUT2D eigenvalue weighted by Gasteiger charge is -2.22. The molecule has 0 aromatic heterocycles. The zero-order valence-corrected chi connectivity index (χ0v) is 10.5. The molecular weight excluding hydrogens is 202 g/mol. The summed E-state index contributed by atoms with van der Waals surface area (Å²) in [6.07, 6.45) is 7.39. The largest absolute Gasteiger partial charge is 0.466 e. The summed E-state index contributed by atoms with van der Waals surface area (Å²) in [6.45, 7) is 4.99. The maximum atomic E-state index is 11.3. The van der Waals surface area contributed by atoms with Crippen molar-refractivity contribution in [1.29, 1.82) is 0 Å². The standard InChI is InChI=1S/C13H25NO2/c1-2-3-11-16-13(15)6-4-5-12-7-9-14-10-8-12/h12,14H,2-11H2,1H3. The van der Waals surface area contributed by atoms with Crippen molar-refractivity contribution in [1.82, 2.24) is 5.32 Å². The minimum absolute atomic E-state index is 0.0117. The normalized spacial score (nSPS) is 17.3. The Morgan fingerprint density at radius 1 is 1.31 bits per heavy atom. The van der Waals surface area contributed by atoms with Gasteiger partial charge in [-0.2, -0.15) is 0 Å². The highest BCUT2D eigenvalue weighted by Crippen LogP contribution is 2.18. The van der Waals surface area contributed by atoms with Crippen LogP contribution in [-0.2, 0) is 9.53 Å². The van der Waals surface area contributed by atoms with E-state index in [9.17, 15) is 4.79 Å². The Balaban J connectivity index is 1.94. The maximum absolute atomic E-state index is 11.3. The van der Waals surface area contributed by atoms with Crippen LogP contribution in [0.1, 0.15) is 51.9 Å². The van der Waals surface area contributed by atoms with Gasteiger partial charge in [-0.3, -0.25) is 4.79 Å². The molecule has 0 radical (unpaired) electrons. The molecule has 0 atom stereocenters. The van der Waals surface area contributed by atoms with Gasteiger partial charge in [0.1, 0.15) is 0 Å². The van der Waals surface area contributed by atoms with E-state index in [0.29, 0.717) is 13.0 Å². The molecule has 0 amide bonds. The lowest BCUT2D eigenvalue weighted by atomic mass is 9.92. The molecule has 0 aromatic carbocycles. The van der Waals surface area contributed by atoms with E-state index in [1.54, 1.807) is 0 Å². The predicted molar refractivity (Wildman–Crippen MR) is 65.3 cm³/mol. The Morgan fingerprint density at radius 2 is 2.06 bits per heavy atom. The molecule has 1 fully saturated rings. The van der Waals surface area contributed by atoms with E-state index in [4.69, 9.17) is 4.74 Å². The fourth-order valence-corrected chi connectivity index (χ4v) is 2.11. The number of hydrogen-bond acceptors (Lipinski definition) is 3. The molecule has 1 aliphatic heterocycles. The number of ether oxygens (including phenoxy) is 1. The number of nitrogens with one attached hydrogen (secondary N) is 1. The average molecular weight is 227 g/mol. The Bertz CT molecular complexity index is 188. The van der Waals surface area contributed by atoms with Crippen LogP contribution in [0.2, 0.25) is 0 Å². The predicted octanol–water partition coefficient (Wildman–Crippen LogP) is 2.50. The highest BCUT2D eigenvalue weighted by molar-refractivity contribution is 5.69. The minimum Gasteiger partial charge on any atom is -0.466 e. The summed E-state index contributed by atoms with van der Waals surface area (Å²) >= 11 is 0. The second-order valence-corrected chi connectivity index (χ2v) is 4.66. The Labute approximate surface area is 98.9 Å². The molecule has 16 heavy (non-hydrogen) atoms. The van der Waals surface area contributed by atoms with E-state index in [-0.39, 0.29) is 5.97 Å². The first-order valence-corrected chi connectivity index (χ1v) is 6.69. The van der Waals surface area contributed by atoms with Gasteiger partial charge in [0.2, 0.25) is 0 Å². The van der Waals surface area contributed by atoms with E-state index in [1.807, 2.05) is 0 Å². The number of piperidine rings is 1. The van der Waals surface area contributed by atoms with Crippen LogP contribution in [0, 0.1) is 5.92 Å². The third-order valence-corrected chi connectivity index (χ3v) is 3.21. The molecule has 3 heteroatoms. The van der Waals surface area contributed by atoms with Crippen molar-refractivity contribution in [3.63, 3.8) is 0 Å². The summed E-state index contributed by atoms with van der Waals surface area (Å²) in [7, 11) is 0. The smallest absolute Gasteiger partial charge is 0.305 e. The molecule has 1 aliphatic rings. The highest BCUT2D eigenvalue weighted by atomic mass is 16.5. The van der Waals surface area contributed by atoms with Crippen LogP contribution >= 0.6 is 0 Å². The molecule has 0 aromatic rings.